The summed E-state index contributed by atoms with van der Waals surface area (Å²) in [5.74, 6) is 2.23. The van der Waals surface area contributed by atoms with Crippen molar-refractivity contribution in [2.75, 3.05) is 58.4 Å². The summed E-state index contributed by atoms with van der Waals surface area (Å²) >= 11 is 0. The smallest absolute Gasteiger partial charge is 0.193 e. The molecule has 1 aromatic rings. The van der Waals surface area contributed by atoms with Gasteiger partial charge in [0.25, 0.3) is 0 Å². The molecule has 1 aromatic carbocycles. The molecule has 1 fully saturated rings. The molecule has 0 amide bonds. The first kappa shape index (κ1) is 24.0. The monoisotopic (exact) mass is 510 g/mol. The zero-order chi connectivity index (χ0) is 19.0. The molecule has 154 valence electrons. The molecule has 0 spiro atoms. The fraction of sp³-hybridized carbons (Fsp3) is 0.611. The third-order valence-electron chi connectivity index (χ3n) is 4.38. The summed E-state index contributed by atoms with van der Waals surface area (Å²) in [5, 5.41) is 3.35. The Balaban J connectivity index is 0.00000364. The molecule has 0 aromatic heterocycles. The van der Waals surface area contributed by atoms with Crippen LogP contribution in [0.1, 0.15) is 12.5 Å². The Morgan fingerprint density at radius 3 is 2.44 bits per heavy atom. The summed E-state index contributed by atoms with van der Waals surface area (Å²) in [4.78, 5) is 8.57. The maximum absolute atomic E-state index is 11.5. The summed E-state index contributed by atoms with van der Waals surface area (Å²) in [6, 6.07) is 8.08. The Labute approximate surface area is 180 Å². The van der Waals surface area contributed by atoms with Crippen LogP contribution in [0.2, 0.25) is 0 Å². The van der Waals surface area contributed by atoms with Gasteiger partial charge in [-0.25, -0.2) is 8.42 Å². The van der Waals surface area contributed by atoms with E-state index in [9.17, 15) is 8.42 Å². The molecule has 0 saturated carbocycles. The van der Waals surface area contributed by atoms with E-state index in [1.54, 1.807) is 7.05 Å². The highest BCUT2D eigenvalue weighted by Gasteiger charge is 2.21. The van der Waals surface area contributed by atoms with E-state index in [1.807, 2.05) is 26.1 Å². The van der Waals surface area contributed by atoms with Gasteiger partial charge in [0, 0.05) is 46.8 Å². The number of aliphatic imine (C=N–C) groups is 1. The van der Waals surface area contributed by atoms with Crippen molar-refractivity contribution >= 4 is 39.8 Å². The van der Waals surface area contributed by atoms with Crippen molar-refractivity contribution in [3.05, 3.63) is 29.8 Å². The molecule has 1 saturated heterocycles. The van der Waals surface area contributed by atoms with E-state index in [0.717, 1.165) is 31.3 Å². The zero-order valence-corrected chi connectivity index (χ0v) is 19.5. The second-order valence-corrected chi connectivity index (χ2v) is 8.70. The minimum Gasteiger partial charge on any atom is -0.494 e. The van der Waals surface area contributed by atoms with E-state index in [0.29, 0.717) is 19.7 Å². The number of guanidine groups is 1. The fourth-order valence-electron chi connectivity index (χ4n) is 2.89. The highest BCUT2D eigenvalue weighted by Crippen LogP contribution is 2.13. The van der Waals surface area contributed by atoms with Crippen LogP contribution in [0, 0.1) is 0 Å². The maximum atomic E-state index is 11.5. The molecule has 1 N–H and O–H groups in total. The summed E-state index contributed by atoms with van der Waals surface area (Å²) in [5.41, 5.74) is 1.18. The van der Waals surface area contributed by atoms with E-state index in [-0.39, 0.29) is 35.5 Å². The number of hydrogen-bond donors (Lipinski definition) is 1. The zero-order valence-electron chi connectivity index (χ0n) is 16.3. The number of hydrogen-bond acceptors (Lipinski definition) is 5. The molecule has 27 heavy (non-hydrogen) atoms. The van der Waals surface area contributed by atoms with Crippen LogP contribution in [0.3, 0.4) is 0 Å². The van der Waals surface area contributed by atoms with Gasteiger partial charge in [-0.3, -0.25) is 9.89 Å². The molecule has 0 atom stereocenters. The molecule has 7 nitrogen and oxygen atoms in total. The average Bonchev–Trinajstić information content (AvgIpc) is 2.62. The summed E-state index contributed by atoms with van der Waals surface area (Å²) in [6.45, 7) is 6.16. The Hall–Kier alpha value is -1.07. The van der Waals surface area contributed by atoms with Crippen LogP contribution in [0.25, 0.3) is 0 Å². The van der Waals surface area contributed by atoms with E-state index in [4.69, 9.17) is 4.74 Å². The first-order chi connectivity index (χ1) is 12.4. The maximum Gasteiger partial charge on any atom is 0.193 e. The number of benzene rings is 1. The van der Waals surface area contributed by atoms with Gasteiger partial charge in [0.05, 0.1) is 18.1 Å². The molecular formula is C18H31IN4O3S. The SMILES string of the molecule is CCOc1ccc(CN(C)C(=NC)NCCN2CCS(=O)(=O)CC2)cc1.I. The molecule has 9 heteroatoms. The highest BCUT2D eigenvalue weighted by molar-refractivity contribution is 14.0. The lowest BCUT2D eigenvalue weighted by atomic mass is 10.2. The van der Waals surface area contributed by atoms with Gasteiger partial charge in [0.15, 0.2) is 15.8 Å². The second-order valence-electron chi connectivity index (χ2n) is 6.40. The van der Waals surface area contributed by atoms with Crippen LogP contribution in [-0.2, 0) is 16.4 Å². The molecular weight excluding hydrogens is 479 g/mol. The molecule has 1 aliphatic rings. The molecule has 1 heterocycles. The van der Waals surface area contributed by atoms with E-state index < -0.39 is 9.84 Å². The van der Waals surface area contributed by atoms with Gasteiger partial charge in [-0.15, -0.1) is 24.0 Å². The molecule has 0 radical (unpaired) electrons. The highest BCUT2D eigenvalue weighted by atomic mass is 127. The third kappa shape index (κ3) is 8.22. The lowest BCUT2D eigenvalue weighted by Gasteiger charge is -2.28. The van der Waals surface area contributed by atoms with E-state index in [2.05, 4.69) is 32.2 Å². The summed E-state index contributed by atoms with van der Waals surface area (Å²) in [7, 11) is 0.948. The number of halogens is 1. The van der Waals surface area contributed by atoms with Crippen molar-refractivity contribution in [1.29, 1.82) is 0 Å². The van der Waals surface area contributed by atoms with Crippen LogP contribution in [0.15, 0.2) is 29.3 Å². The third-order valence-corrected chi connectivity index (χ3v) is 5.98. The Morgan fingerprint density at radius 1 is 1.26 bits per heavy atom. The van der Waals surface area contributed by atoms with Crippen LogP contribution in [0.5, 0.6) is 5.75 Å². The number of nitrogens with zero attached hydrogens (tertiary/aromatic N) is 3. The number of rotatable bonds is 7. The van der Waals surface area contributed by atoms with E-state index in [1.165, 1.54) is 5.56 Å². The molecule has 1 aliphatic heterocycles. The van der Waals surface area contributed by atoms with Gasteiger partial charge in [-0.2, -0.15) is 0 Å². The van der Waals surface area contributed by atoms with Gasteiger partial charge in [0.1, 0.15) is 5.75 Å². The predicted molar refractivity (Wildman–Crippen MR) is 121 cm³/mol. The first-order valence-electron chi connectivity index (χ1n) is 9.00. The predicted octanol–water partition coefficient (Wildman–Crippen LogP) is 1.44. The fourth-order valence-corrected chi connectivity index (χ4v) is 4.17. The number of nitrogens with one attached hydrogen (secondary N) is 1. The summed E-state index contributed by atoms with van der Waals surface area (Å²) < 4.78 is 28.4. The second kappa shape index (κ2) is 11.7. The van der Waals surface area contributed by atoms with Crippen molar-refractivity contribution < 1.29 is 13.2 Å². The molecule has 0 aliphatic carbocycles. The van der Waals surface area contributed by atoms with Crippen molar-refractivity contribution in [1.82, 2.24) is 15.1 Å². The number of ether oxygens (including phenoxy) is 1. The summed E-state index contributed by atoms with van der Waals surface area (Å²) in [6.07, 6.45) is 0. The van der Waals surface area contributed by atoms with Crippen molar-refractivity contribution in [3.8, 4) is 5.75 Å². The van der Waals surface area contributed by atoms with Crippen LogP contribution in [-0.4, -0.2) is 82.6 Å². The van der Waals surface area contributed by atoms with E-state index >= 15 is 0 Å². The lowest BCUT2D eigenvalue weighted by Crippen LogP contribution is -2.46. The van der Waals surface area contributed by atoms with Crippen molar-refractivity contribution in [3.63, 3.8) is 0 Å². The Bertz CT molecular complexity index is 681. The van der Waals surface area contributed by atoms with Gasteiger partial charge in [-0.05, 0) is 24.6 Å². The van der Waals surface area contributed by atoms with Gasteiger partial charge >= 0.3 is 0 Å². The normalized spacial score (nSPS) is 17.1. The Morgan fingerprint density at radius 2 is 1.89 bits per heavy atom. The van der Waals surface area contributed by atoms with Crippen molar-refractivity contribution in [2.24, 2.45) is 4.99 Å². The molecule has 0 bridgehead atoms. The lowest BCUT2D eigenvalue weighted by molar-refractivity contribution is 0.298. The van der Waals surface area contributed by atoms with Crippen LogP contribution in [0.4, 0.5) is 0 Å². The van der Waals surface area contributed by atoms with Gasteiger partial charge in [-0.1, -0.05) is 12.1 Å². The van der Waals surface area contributed by atoms with Crippen molar-refractivity contribution in [2.45, 2.75) is 13.5 Å². The van der Waals surface area contributed by atoms with Gasteiger partial charge in [0.2, 0.25) is 0 Å². The Kier molecular flexibility index (Phi) is 10.4. The molecule has 2 rings (SSSR count). The first-order valence-corrected chi connectivity index (χ1v) is 10.8. The van der Waals surface area contributed by atoms with Crippen LogP contribution < -0.4 is 10.1 Å². The largest absolute Gasteiger partial charge is 0.494 e. The standard InChI is InChI=1S/C18H30N4O3S.HI/c1-4-25-17-7-5-16(6-8-17)15-21(3)18(19-2)20-9-10-22-11-13-26(23,24)14-12-22;/h5-8H,4,9-15H2,1-3H3,(H,19,20);1H. The topological polar surface area (TPSA) is 74.2 Å². The quantitative estimate of drug-likeness (QED) is 0.340. The van der Waals surface area contributed by atoms with Crippen LogP contribution >= 0.6 is 24.0 Å². The molecule has 0 unspecified atom stereocenters. The minimum absolute atomic E-state index is 0. The average molecular weight is 510 g/mol. The minimum atomic E-state index is -2.82. The number of sulfone groups is 1. The van der Waals surface area contributed by atoms with Gasteiger partial charge < -0.3 is 15.0 Å².